The van der Waals surface area contributed by atoms with Gasteiger partial charge in [-0.3, -0.25) is 4.79 Å². The maximum absolute atomic E-state index is 12.3. The van der Waals surface area contributed by atoms with E-state index in [9.17, 15) is 4.79 Å². The summed E-state index contributed by atoms with van der Waals surface area (Å²) in [6.07, 6.45) is 3.18. The number of hydrogen-bond donors (Lipinski definition) is 1. The number of anilines is 1. The van der Waals surface area contributed by atoms with Crippen LogP contribution < -0.4 is 10.2 Å². The van der Waals surface area contributed by atoms with Gasteiger partial charge in [0.2, 0.25) is 0 Å². The molecular weight excluding hydrogens is 314 g/mol. The predicted octanol–water partition coefficient (Wildman–Crippen LogP) is 2.32. The molecule has 0 fully saturated rings. The molecule has 2 aromatic carbocycles. The highest BCUT2D eigenvalue weighted by Crippen LogP contribution is 2.13. The van der Waals surface area contributed by atoms with Gasteiger partial charge in [-0.1, -0.05) is 24.3 Å². The van der Waals surface area contributed by atoms with E-state index >= 15 is 0 Å². The van der Waals surface area contributed by atoms with Crippen LogP contribution in [0.5, 0.6) is 0 Å². The summed E-state index contributed by atoms with van der Waals surface area (Å²) in [5, 5.41) is 7.04. The van der Waals surface area contributed by atoms with Crippen LogP contribution in [0.3, 0.4) is 0 Å². The van der Waals surface area contributed by atoms with Gasteiger partial charge >= 0.3 is 0 Å². The summed E-state index contributed by atoms with van der Waals surface area (Å²) in [5.41, 5.74) is 3.90. The average molecular weight is 335 g/mol. The summed E-state index contributed by atoms with van der Waals surface area (Å²) in [7, 11) is 4.00. The number of nitrogens with zero attached hydrogens (tertiary/aromatic N) is 4. The zero-order valence-electron chi connectivity index (χ0n) is 14.4. The third-order valence-electron chi connectivity index (χ3n) is 3.91. The summed E-state index contributed by atoms with van der Waals surface area (Å²) in [5.74, 6) is -0.0810. The van der Waals surface area contributed by atoms with Crippen LogP contribution in [-0.2, 0) is 13.1 Å². The number of benzene rings is 2. The van der Waals surface area contributed by atoms with Gasteiger partial charge in [0.05, 0.1) is 6.54 Å². The molecular formula is C19H21N5O. The van der Waals surface area contributed by atoms with E-state index in [1.165, 1.54) is 6.33 Å². The molecule has 0 aliphatic carbocycles. The number of carbonyl (C=O) groups is 1. The van der Waals surface area contributed by atoms with Crippen molar-refractivity contribution in [1.29, 1.82) is 0 Å². The van der Waals surface area contributed by atoms with Crippen LogP contribution in [0.4, 0.5) is 5.69 Å². The van der Waals surface area contributed by atoms with Gasteiger partial charge in [0.1, 0.15) is 12.7 Å². The van der Waals surface area contributed by atoms with Crippen molar-refractivity contribution in [3.63, 3.8) is 0 Å². The molecule has 1 amide bonds. The van der Waals surface area contributed by atoms with Crippen LogP contribution in [-0.4, -0.2) is 34.8 Å². The van der Waals surface area contributed by atoms with Gasteiger partial charge < -0.3 is 10.2 Å². The molecule has 128 valence electrons. The standard InChI is InChI=1S/C19H21N5O/c1-23(2)18-5-3-4-16(10-18)11-21-19(25)17-8-6-15(7-9-17)12-24-14-20-13-22-24/h3-10,13-14H,11-12H2,1-2H3,(H,21,25). The number of nitrogens with one attached hydrogen (secondary N) is 1. The van der Waals surface area contributed by atoms with Crippen LogP contribution in [0.2, 0.25) is 0 Å². The van der Waals surface area contributed by atoms with Gasteiger partial charge in [-0.25, -0.2) is 9.67 Å². The van der Waals surface area contributed by atoms with Crippen molar-refractivity contribution in [3.05, 3.63) is 77.9 Å². The molecule has 6 heteroatoms. The van der Waals surface area contributed by atoms with E-state index in [-0.39, 0.29) is 5.91 Å². The molecule has 6 nitrogen and oxygen atoms in total. The summed E-state index contributed by atoms with van der Waals surface area (Å²) in [4.78, 5) is 18.3. The van der Waals surface area contributed by atoms with Crippen LogP contribution >= 0.6 is 0 Å². The van der Waals surface area contributed by atoms with E-state index in [0.29, 0.717) is 18.7 Å². The van der Waals surface area contributed by atoms with Crippen molar-refractivity contribution in [1.82, 2.24) is 20.1 Å². The number of aromatic nitrogens is 3. The van der Waals surface area contributed by atoms with Crippen LogP contribution in [0, 0.1) is 0 Å². The molecule has 0 bridgehead atoms. The largest absolute Gasteiger partial charge is 0.378 e. The van der Waals surface area contributed by atoms with E-state index in [2.05, 4.69) is 21.5 Å². The minimum Gasteiger partial charge on any atom is -0.378 e. The summed E-state index contributed by atoms with van der Waals surface area (Å²) < 4.78 is 1.74. The quantitative estimate of drug-likeness (QED) is 0.751. The van der Waals surface area contributed by atoms with Gasteiger partial charge in [0, 0.05) is 31.9 Å². The molecule has 25 heavy (non-hydrogen) atoms. The second kappa shape index (κ2) is 7.61. The fourth-order valence-electron chi connectivity index (χ4n) is 2.49. The lowest BCUT2D eigenvalue weighted by atomic mass is 10.1. The summed E-state index contributed by atoms with van der Waals surface area (Å²) in [6.45, 7) is 1.14. The Kier molecular flexibility index (Phi) is 5.09. The lowest BCUT2D eigenvalue weighted by molar-refractivity contribution is 0.0951. The highest BCUT2D eigenvalue weighted by atomic mass is 16.1. The molecule has 3 rings (SSSR count). The lowest BCUT2D eigenvalue weighted by Gasteiger charge is -2.14. The zero-order valence-corrected chi connectivity index (χ0v) is 14.4. The monoisotopic (exact) mass is 335 g/mol. The first-order valence-electron chi connectivity index (χ1n) is 8.07. The maximum Gasteiger partial charge on any atom is 0.251 e. The van der Waals surface area contributed by atoms with Gasteiger partial charge in [-0.15, -0.1) is 0 Å². The van der Waals surface area contributed by atoms with Crippen LogP contribution in [0.1, 0.15) is 21.5 Å². The molecule has 0 saturated heterocycles. The highest BCUT2D eigenvalue weighted by molar-refractivity contribution is 5.94. The van der Waals surface area contributed by atoms with Crippen molar-refractivity contribution >= 4 is 11.6 Å². The molecule has 0 saturated carbocycles. The van der Waals surface area contributed by atoms with Crippen molar-refractivity contribution in [2.24, 2.45) is 0 Å². The SMILES string of the molecule is CN(C)c1cccc(CNC(=O)c2ccc(Cn3cncn3)cc2)c1. The summed E-state index contributed by atoms with van der Waals surface area (Å²) in [6, 6.07) is 15.6. The second-order valence-electron chi connectivity index (χ2n) is 6.04. The zero-order chi connectivity index (χ0) is 17.6. The minimum atomic E-state index is -0.0810. The lowest BCUT2D eigenvalue weighted by Crippen LogP contribution is -2.23. The van der Waals surface area contributed by atoms with Gasteiger partial charge in [-0.05, 0) is 35.4 Å². The van der Waals surface area contributed by atoms with Crippen molar-refractivity contribution in [3.8, 4) is 0 Å². The molecule has 0 spiro atoms. The Morgan fingerprint density at radius 2 is 1.92 bits per heavy atom. The van der Waals surface area contributed by atoms with Crippen LogP contribution in [0.25, 0.3) is 0 Å². The number of hydrogen-bond acceptors (Lipinski definition) is 4. The van der Waals surface area contributed by atoms with E-state index in [4.69, 9.17) is 0 Å². The first-order chi connectivity index (χ1) is 12.1. The maximum atomic E-state index is 12.3. The predicted molar refractivity (Wildman–Crippen MR) is 97.5 cm³/mol. The summed E-state index contributed by atoms with van der Waals surface area (Å²) >= 11 is 0. The molecule has 0 aliphatic heterocycles. The topological polar surface area (TPSA) is 63.1 Å². The molecule has 1 heterocycles. The van der Waals surface area contributed by atoms with Gasteiger partial charge in [0.15, 0.2) is 0 Å². The Hall–Kier alpha value is -3.15. The molecule has 0 unspecified atom stereocenters. The number of rotatable bonds is 6. The van der Waals surface area contributed by atoms with Gasteiger partial charge in [0.25, 0.3) is 5.91 Å². The number of amides is 1. The third-order valence-corrected chi connectivity index (χ3v) is 3.91. The van der Waals surface area contributed by atoms with E-state index in [1.54, 1.807) is 11.0 Å². The van der Waals surface area contributed by atoms with E-state index in [0.717, 1.165) is 16.8 Å². The Balaban J connectivity index is 1.58. The van der Waals surface area contributed by atoms with Crippen molar-refractivity contribution < 1.29 is 4.79 Å². The highest BCUT2D eigenvalue weighted by Gasteiger charge is 2.06. The molecule has 0 atom stereocenters. The molecule has 1 aromatic heterocycles. The first kappa shape index (κ1) is 16.7. The van der Waals surface area contributed by atoms with Crippen molar-refractivity contribution in [2.75, 3.05) is 19.0 Å². The fraction of sp³-hybridized carbons (Fsp3) is 0.211. The third kappa shape index (κ3) is 4.44. The molecule has 1 N–H and O–H groups in total. The van der Waals surface area contributed by atoms with Crippen LogP contribution in [0.15, 0.2) is 61.2 Å². The Morgan fingerprint density at radius 3 is 2.60 bits per heavy atom. The fourth-order valence-corrected chi connectivity index (χ4v) is 2.49. The second-order valence-corrected chi connectivity index (χ2v) is 6.04. The molecule has 0 radical (unpaired) electrons. The molecule has 3 aromatic rings. The Bertz CT molecular complexity index is 825. The first-order valence-corrected chi connectivity index (χ1v) is 8.07. The minimum absolute atomic E-state index is 0.0810. The Morgan fingerprint density at radius 1 is 1.12 bits per heavy atom. The van der Waals surface area contributed by atoms with Crippen molar-refractivity contribution in [2.45, 2.75) is 13.1 Å². The van der Waals surface area contributed by atoms with E-state index < -0.39 is 0 Å². The Labute approximate surface area is 147 Å². The van der Waals surface area contributed by atoms with E-state index in [1.807, 2.05) is 61.5 Å². The molecule has 0 aliphatic rings. The number of carbonyl (C=O) groups excluding carboxylic acids is 1. The van der Waals surface area contributed by atoms with Gasteiger partial charge in [-0.2, -0.15) is 5.10 Å². The smallest absolute Gasteiger partial charge is 0.251 e. The average Bonchev–Trinajstić information content (AvgIpc) is 3.13. The normalized spacial score (nSPS) is 10.5.